The first-order chi connectivity index (χ1) is 9.16. The molecule has 2 aliphatic rings. The predicted octanol–water partition coefficient (Wildman–Crippen LogP) is 0.0267. The van der Waals surface area contributed by atoms with Crippen LogP contribution in [-0.4, -0.2) is 0 Å². The third kappa shape index (κ3) is 3.78. The number of hydrogen-bond acceptors (Lipinski definition) is 0. The molecule has 0 aromatic heterocycles. The van der Waals surface area contributed by atoms with Crippen LogP contribution in [0.3, 0.4) is 0 Å². The fourth-order valence-corrected chi connectivity index (χ4v) is 7.21. The fraction of sp³-hybridized carbons (Fsp3) is 0.556. The number of hydrogen-bond donors (Lipinski definition) is 0. The summed E-state index contributed by atoms with van der Waals surface area (Å²) in [7, 11) is 0. The monoisotopic (exact) mass is 360 g/mol. The largest absolute Gasteiger partial charge is 1.00 e. The average Bonchev–Trinajstić information content (AvgIpc) is 3.03. The molecule has 0 heterocycles. The Kier molecular flexibility index (Phi) is 8.88. The van der Waals surface area contributed by atoms with Crippen LogP contribution in [0.4, 0.5) is 0 Å². The molecule has 0 N–H and O–H groups in total. The van der Waals surface area contributed by atoms with Gasteiger partial charge in [0.2, 0.25) is 0 Å². The van der Waals surface area contributed by atoms with Crippen molar-refractivity contribution in [3.05, 3.63) is 47.6 Å². The van der Waals surface area contributed by atoms with E-state index in [1.54, 1.807) is 11.1 Å². The SMILES string of the molecule is CCC1=CC=C[C]1(CC)[Ti+2][C]1(CC)C=CC=C1CC.[Cl-].[Cl-]. The van der Waals surface area contributed by atoms with Gasteiger partial charge in [-0.1, -0.05) is 0 Å². The van der Waals surface area contributed by atoms with E-state index in [2.05, 4.69) is 64.2 Å². The van der Waals surface area contributed by atoms with Gasteiger partial charge in [-0.2, -0.15) is 0 Å². The van der Waals surface area contributed by atoms with Crippen LogP contribution >= 0.6 is 0 Å². The molecule has 0 aromatic carbocycles. The summed E-state index contributed by atoms with van der Waals surface area (Å²) in [6, 6.07) is 0. The summed E-state index contributed by atoms with van der Waals surface area (Å²) in [5.74, 6) is 0. The van der Waals surface area contributed by atoms with Crippen LogP contribution in [0.5, 0.6) is 0 Å². The Balaban J connectivity index is 0.00000200. The van der Waals surface area contributed by atoms with Crippen LogP contribution in [-0.2, 0) is 19.2 Å². The van der Waals surface area contributed by atoms with Gasteiger partial charge in [-0.05, 0) is 0 Å². The Labute approximate surface area is 152 Å². The van der Waals surface area contributed by atoms with Crippen LogP contribution in [0.25, 0.3) is 0 Å². The van der Waals surface area contributed by atoms with Gasteiger partial charge in [0.1, 0.15) is 0 Å². The van der Waals surface area contributed by atoms with E-state index in [1.807, 2.05) is 0 Å². The van der Waals surface area contributed by atoms with E-state index in [0.717, 1.165) is 0 Å². The van der Waals surface area contributed by atoms with Crippen LogP contribution in [0.1, 0.15) is 53.4 Å². The van der Waals surface area contributed by atoms with E-state index in [9.17, 15) is 0 Å². The Morgan fingerprint density at radius 1 is 0.762 bits per heavy atom. The Hall–Kier alpha value is 0.254. The van der Waals surface area contributed by atoms with Gasteiger partial charge in [0, 0.05) is 0 Å². The molecule has 0 saturated heterocycles. The molecule has 0 nitrogen and oxygen atoms in total. The van der Waals surface area contributed by atoms with Gasteiger partial charge in [-0.15, -0.1) is 0 Å². The van der Waals surface area contributed by atoms with Crippen molar-refractivity contribution in [3.63, 3.8) is 0 Å². The summed E-state index contributed by atoms with van der Waals surface area (Å²) in [6.45, 7) is 9.38. The summed E-state index contributed by atoms with van der Waals surface area (Å²) in [5, 5.41) is 0. The van der Waals surface area contributed by atoms with E-state index in [4.69, 9.17) is 0 Å². The maximum absolute atomic E-state index is 2.52. The average molecular weight is 361 g/mol. The minimum Gasteiger partial charge on any atom is -1.00 e. The van der Waals surface area contributed by atoms with Crippen molar-refractivity contribution >= 4 is 0 Å². The zero-order valence-corrected chi connectivity index (χ0v) is 16.6. The summed E-state index contributed by atoms with van der Waals surface area (Å²) < 4.78 is 0.849. The third-order valence-electron chi connectivity index (χ3n) is 4.83. The van der Waals surface area contributed by atoms with Gasteiger partial charge >= 0.3 is 128 Å². The van der Waals surface area contributed by atoms with Gasteiger partial charge in [0.05, 0.1) is 0 Å². The zero-order valence-electron chi connectivity index (χ0n) is 13.5. The molecule has 0 bridgehead atoms. The van der Waals surface area contributed by atoms with Crippen molar-refractivity contribution in [2.24, 2.45) is 0 Å². The third-order valence-corrected chi connectivity index (χ3v) is 8.85. The molecule has 0 saturated carbocycles. The summed E-state index contributed by atoms with van der Waals surface area (Å²) in [4.78, 5) is 0. The molecule has 2 rings (SSSR count). The zero-order chi connectivity index (χ0) is 13.9. The van der Waals surface area contributed by atoms with Crippen molar-refractivity contribution in [3.8, 4) is 0 Å². The quantitative estimate of drug-likeness (QED) is 0.586. The van der Waals surface area contributed by atoms with Gasteiger partial charge < -0.3 is 24.8 Å². The molecule has 21 heavy (non-hydrogen) atoms. The first kappa shape index (κ1) is 21.3. The summed E-state index contributed by atoms with van der Waals surface area (Å²) in [5.41, 5.74) is 3.36. The van der Waals surface area contributed by atoms with Crippen molar-refractivity contribution < 1.29 is 44.0 Å². The number of allylic oxidation sites excluding steroid dienone is 8. The molecule has 0 amide bonds. The van der Waals surface area contributed by atoms with E-state index in [1.165, 1.54) is 25.7 Å². The van der Waals surface area contributed by atoms with Gasteiger partial charge in [0.15, 0.2) is 0 Å². The van der Waals surface area contributed by atoms with Gasteiger partial charge in [-0.3, -0.25) is 0 Å². The number of rotatable bonds is 6. The van der Waals surface area contributed by atoms with Crippen LogP contribution in [0.15, 0.2) is 47.6 Å². The molecule has 0 radical (unpaired) electrons. The van der Waals surface area contributed by atoms with Crippen LogP contribution in [0.2, 0.25) is 7.44 Å². The Morgan fingerprint density at radius 3 is 1.43 bits per heavy atom. The predicted molar refractivity (Wildman–Crippen MR) is 81.0 cm³/mol. The first-order valence-electron chi connectivity index (χ1n) is 7.73. The molecule has 0 spiro atoms. The fourth-order valence-electron chi connectivity index (χ4n) is 3.54. The first-order valence-corrected chi connectivity index (χ1v) is 9.29. The molecule has 2 unspecified atom stereocenters. The molecule has 0 aromatic rings. The van der Waals surface area contributed by atoms with Crippen LogP contribution in [0, 0.1) is 0 Å². The minimum absolute atomic E-state index is 0. The van der Waals surface area contributed by atoms with Gasteiger partial charge in [-0.25, -0.2) is 0 Å². The molecule has 2 aliphatic carbocycles. The van der Waals surface area contributed by atoms with E-state index in [-0.39, 0.29) is 44.0 Å². The summed E-state index contributed by atoms with van der Waals surface area (Å²) in [6.07, 6.45) is 19.4. The second-order valence-electron chi connectivity index (χ2n) is 5.58. The Bertz CT molecular complexity index is 420. The Morgan fingerprint density at radius 2 is 1.14 bits per heavy atom. The van der Waals surface area contributed by atoms with Crippen LogP contribution < -0.4 is 24.8 Å². The number of halogens is 2. The molecular weight excluding hydrogens is 335 g/mol. The van der Waals surface area contributed by atoms with Crippen molar-refractivity contribution in [2.45, 2.75) is 60.8 Å². The maximum atomic E-state index is 2.52. The van der Waals surface area contributed by atoms with E-state index < -0.39 is 0 Å². The van der Waals surface area contributed by atoms with Crippen molar-refractivity contribution in [1.29, 1.82) is 0 Å². The normalized spacial score (nSPS) is 29.3. The van der Waals surface area contributed by atoms with E-state index >= 15 is 0 Å². The standard InChI is InChI=1S/2C9H13.2ClH.Ti/c2*1-3-8-6-5-7-9(8)4-2;;;/h2*5-7H,3-4H2,1-2H3;2*1H;/q;;;;+2/p-2. The molecule has 3 heteroatoms. The van der Waals surface area contributed by atoms with Gasteiger partial charge in [0.25, 0.3) is 0 Å². The van der Waals surface area contributed by atoms with Crippen molar-refractivity contribution in [2.75, 3.05) is 0 Å². The molecular formula is C18H26Cl2Ti. The second-order valence-corrected chi connectivity index (χ2v) is 8.76. The molecule has 2 atom stereocenters. The van der Waals surface area contributed by atoms with E-state index in [0.29, 0.717) is 7.44 Å². The topological polar surface area (TPSA) is 0 Å². The molecule has 116 valence electrons. The molecule has 0 fully saturated rings. The minimum atomic E-state index is -0.124. The van der Waals surface area contributed by atoms with Crippen molar-refractivity contribution in [1.82, 2.24) is 0 Å². The smallest absolute Gasteiger partial charge is 1.00 e. The maximum Gasteiger partial charge on any atom is -1.00 e. The molecule has 0 aliphatic heterocycles. The second kappa shape index (κ2) is 8.77. The summed E-state index contributed by atoms with van der Waals surface area (Å²) >= 11 is -0.124.